The molecule has 4 aromatic carbocycles. The van der Waals surface area contributed by atoms with Crippen LogP contribution in [0, 0.1) is 5.82 Å². The Labute approximate surface area is 455 Å². The number of nitrogens with one attached hydrogen (secondary N) is 3. The van der Waals surface area contributed by atoms with Crippen LogP contribution in [0.25, 0.3) is 0 Å². The van der Waals surface area contributed by atoms with Gasteiger partial charge in [0, 0.05) is 67.0 Å². The highest BCUT2D eigenvalue weighted by molar-refractivity contribution is 5.79. The lowest BCUT2D eigenvalue weighted by Crippen LogP contribution is -2.52. The zero-order valence-electron chi connectivity index (χ0n) is 46.8. The zero-order valence-corrected chi connectivity index (χ0v) is 46.8. The monoisotopic (exact) mass is 1050 g/mol. The van der Waals surface area contributed by atoms with Crippen LogP contribution in [0.3, 0.4) is 0 Å². The van der Waals surface area contributed by atoms with Crippen LogP contribution in [0.15, 0.2) is 115 Å². The van der Waals surface area contributed by atoms with E-state index in [1.165, 1.54) is 41.7 Å². The molecule has 12 nitrogen and oxygen atoms in total. The number of halogens is 1. The van der Waals surface area contributed by atoms with E-state index in [1.807, 2.05) is 6.07 Å². The molecule has 6 N–H and O–H groups in total. The van der Waals surface area contributed by atoms with Crippen molar-refractivity contribution in [3.05, 3.63) is 143 Å². The minimum Gasteiger partial charge on any atom is -0.481 e. The van der Waals surface area contributed by atoms with Crippen LogP contribution < -0.4 is 21.7 Å². The van der Waals surface area contributed by atoms with E-state index in [1.54, 1.807) is 12.1 Å². The molecule has 0 spiro atoms. The van der Waals surface area contributed by atoms with Crippen molar-refractivity contribution in [2.75, 3.05) is 48.8 Å². The average Bonchev–Trinajstić information content (AvgIpc) is 3.40. The maximum Gasteiger partial charge on any atom is 0.303 e. The van der Waals surface area contributed by atoms with Crippen molar-refractivity contribution in [3.63, 3.8) is 0 Å². The lowest BCUT2D eigenvalue weighted by Gasteiger charge is -2.45. The zero-order chi connectivity index (χ0) is 55.0. The molecule has 3 fully saturated rings. The van der Waals surface area contributed by atoms with E-state index in [4.69, 9.17) is 10.8 Å². The highest BCUT2D eigenvalue weighted by atomic mass is 19.1. The summed E-state index contributed by atoms with van der Waals surface area (Å²) in [4.78, 5) is 54.0. The summed E-state index contributed by atoms with van der Waals surface area (Å²) in [7, 11) is 13.0. The third-order valence-electron chi connectivity index (χ3n) is 16.7. The van der Waals surface area contributed by atoms with Crippen LogP contribution in [0.1, 0.15) is 138 Å². The number of amides is 3. The predicted octanol–water partition coefficient (Wildman–Crippen LogP) is 9.53. The Kier molecular flexibility index (Phi) is 25.1. The van der Waals surface area contributed by atoms with Crippen LogP contribution in [-0.4, -0.2) is 127 Å². The molecule has 7 rings (SSSR count). The summed E-state index contributed by atoms with van der Waals surface area (Å²) in [5.74, 6) is -1.15. The Morgan fingerprint density at radius 3 is 1.20 bits per heavy atom. The highest BCUT2D eigenvalue weighted by Crippen LogP contribution is 2.38. The fourth-order valence-corrected chi connectivity index (χ4v) is 11.5. The van der Waals surface area contributed by atoms with E-state index in [-0.39, 0.29) is 53.1 Å². The van der Waals surface area contributed by atoms with Gasteiger partial charge in [-0.05, 0) is 192 Å². The Balaban J connectivity index is 0.000000223. The third kappa shape index (κ3) is 20.5. The van der Waals surface area contributed by atoms with Crippen LogP contribution in [0.4, 0.5) is 4.39 Å². The molecule has 0 unspecified atom stereocenters. The molecule has 0 saturated heterocycles. The molecule has 76 heavy (non-hydrogen) atoms. The van der Waals surface area contributed by atoms with E-state index in [2.05, 4.69) is 158 Å². The van der Waals surface area contributed by atoms with Crippen molar-refractivity contribution in [1.82, 2.24) is 30.7 Å². The number of likely N-dealkylation sites (N-methyl/N-ethyl adjacent to an activating group) is 3. The van der Waals surface area contributed by atoms with Gasteiger partial charge in [-0.3, -0.25) is 19.2 Å². The van der Waals surface area contributed by atoms with E-state index in [0.29, 0.717) is 56.7 Å². The summed E-state index contributed by atoms with van der Waals surface area (Å²) in [5, 5.41) is 17.8. The molecule has 13 heteroatoms. The van der Waals surface area contributed by atoms with Gasteiger partial charge in [0.15, 0.2) is 0 Å². The van der Waals surface area contributed by atoms with Gasteiger partial charge in [0.2, 0.25) is 17.7 Å². The predicted molar refractivity (Wildman–Crippen MR) is 305 cm³/mol. The molecule has 3 amide bonds. The van der Waals surface area contributed by atoms with Crippen LogP contribution >= 0.6 is 0 Å². The maximum atomic E-state index is 12.9. The van der Waals surface area contributed by atoms with Gasteiger partial charge in [-0.15, -0.1) is 0 Å². The normalized spacial score (nSPS) is 23.3. The van der Waals surface area contributed by atoms with Crippen LogP contribution in [-0.2, 0) is 44.9 Å². The van der Waals surface area contributed by atoms with Crippen LogP contribution in [0.2, 0.25) is 0 Å². The number of rotatable bonds is 22. The molecule has 416 valence electrons. The van der Waals surface area contributed by atoms with Crippen molar-refractivity contribution in [1.29, 1.82) is 0 Å². The van der Waals surface area contributed by atoms with Gasteiger partial charge in [0.25, 0.3) is 0 Å². The topological polar surface area (TPSA) is 160 Å². The molecule has 3 aliphatic rings. The number of carbonyl (C=O) groups is 4. The number of hydrogen-bond acceptors (Lipinski definition) is 8. The molecule has 0 aliphatic heterocycles. The van der Waals surface area contributed by atoms with Gasteiger partial charge in [-0.2, -0.15) is 0 Å². The van der Waals surface area contributed by atoms with Crippen molar-refractivity contribution < 1.29 is 28.7 Å². The first-order chi connectivity index (χ1) is 36.4. The van der Waals surface area contributed by atoms with Gasteiger partial charge >= 0.3 is 5.97 Å². The van der Waals surface area contributed by atoms with E-state index in [0.717, 1.165) is 89.0 Å². The SMILES string of the molecule is CN(C)C1(Cc2ccccc2)CCC(N)CC1.CN(C)C1(Cc2ccccc2)CCC(NC(=O)CCCC(=O)NCCc2ccc(F)cc2)CC1.CN(C)C1(Cc2ccccc2)CCC(NC(=O)CCCC(=O)O)CC1. The van der Waals surface area contributed by atoms with Gasteiger partial charge in [-0.1, -0.05) is 103 Å². The molecule has 0 atom stereocenters. The summed E-state index contributed by atoms with van der Waals surface area (Å²) in [6.45, 7) is 0.509. The van der Waals surface area contributed by atoms with Gasteiger partial charge in [-0.25, -0.2) is 4.39 Å². The fraction of sp³-hybridized carbons (Fsp3) is 0.556. The van der Waals surface area contributed by atoms with Crippen molar-refractivity contribution in [2.45, 2.75) is 176 Å². The largest absolute Gasteiger partial charge is 0.481 e. The lowest BCUT2D eigenvalue weighted by atomic mass is 9.75. The maximum absolute atomic E-state index is 12.9. The number of nitrogens with zero attached hydrogens (tertiary/aromatic N) is 3. The van der Waals surface area contributed by atoms with Crippen LogP contribution in [0.5, 0.6) is 0 Å². The van der Waals surface area contributed by atoms with Crippen molar-refractivity contribution in [3.8, 4) is 0 Å². The third-order valence-corrected chi connectivity index (χ3v) is 16.7. The quantitative estimate of drug-likeness (QED) is 0.0517. The number of hydrogen-bond donors (Lipinski definition) is 5. The molecule has 0 heterocycles. The van der Waals surface area contributed by atoms with Crippen molar-refractivity contribution >= 4 is 23.7 Å². The summed E-state index contributed by atoms with van der Waals surface area (Å²) in [5.41, 5.74) is 11.8. The van der Waals surface area contributed by atoms with Gasteiger partial charge < -0.3 is 41.5 Å². The summed E-state index contributed by atoms with van der Waals surface area (Å²) in [6.07, 6.45) is 18.7. The Hall–Kier alpha value is -5.47. The molecule has 0 bridgehead atoms. The van der Waals surface area contributed by atoms with Crippen molar-refractivity contribution in [2.24, 2.45) is 5.73 Å². The standard InChI is InChI=1S/C28H38FN3O2.C20H30N2O3.C15H24N2/c1-32(2)28(21-23-7-4-3-5-8-23)18-15-25(16-19-28)31-27(34)10-6-9-26(33)30-20-17-22-11-13-24(29)14-12-22;1-22(2)20(15-16-7-4-3-5-8-16)13-11-17(12-14-20)21-18(23)9-6-10-19(24)25;1-17(2)15(10-8-14(16)9-11-15)12-13-6-4-3-5-7-13/h3-5,7-8,11-14,25H,6,9-10,15-21H2,1-2H3,(H,30,33)(H,31,34);3-5,7-8,17H,6,9-15H2,1-2H3,(H,21,23)(H,24,25);3-7,14H,8-12,16H2,1-2H3. The number of nitrogens with two attached hydrogens (primary N) is 1. The Bertz CT molecular complexity index is 2310. The highest BCUT2D eigenvalue weighted by Gasteiger charge is 2.39. The van der Waals surface area contributed by atoms with E-state index < -0.39 is 5.97 Å². The second-order valence-electron chi connectivity index (χ2n) is 22.7. The number of benzene rings is 4. The minimum atomic E-state index is -0.845. The van der Waals surface area contributed by atoms with E-state index >= 15 is 0 Å². The molecule has 0 aromatic heterocycles. The molecular formula is C63H92FN7O5. The number of carboxylic acid groups (broad SMARTS) is 1. The second-order valence-corrected chi connectivity index (χ2v) is 22.7. The molecular weight excluding hydrogens is 954 g/mol. The number of aliphatic carboxylic acids is 1. The Morgan fingerprint density at radius 2 is 0.842 bits per heavy atom. The first-order valence-corrected chi connectivity index (χ1v) is 28.1. The summed E-state index contributed by atoms with van der Waals surface area (Å²) in [6, 6.07) is 39.2. The molecule has 3 saturated carbocycles. The number of carboxylic acids is 1. The molecule has 3 aliphatic carbocycles. The minimum absolute atomic E-state index is 0.0216. The lowest BCUT2D eigenvalue weighted by molar-refractivity contribution is -0.137. The average molecular weight is 1050 g/mol. The van der Waals surface area contributed by atoms with Gasteiger partial charge in [0.1, 0.15) is 5.82 Å². The molecule has 4 aromatic rings. The second kappa shape index (κ2) is 31.1. The van der Waals surface area contributed by atoms with E-state index in [9.17, 15) is 23.6 Å². The first kappa shape index (κ1) is 61.4. The number of carbonyl (C=O) groups excluding carboxylic acids is 3. The Morgan fingerprint density at radius 1 is 0.500 bits per heavy atom. The smallest absolute Gasteiger partial charge is 0.303 e. The molecule has 0 radical (unpaired) electrons. The summed E-state index contributed by atoms with van der Waals surface area (Å²) >= 11 is 0. The first-order valence-electron chi connectivity index (χ1n) is 28.1. The summed E-state index contributed by atoms with van der Waals surface area (Å²) < 4.78 is 12.9. The van der Waals surface area contributed by atoms with Gasteiger partial charge in [0.05, 0.1) is 0 Å². The fourth-order valence-electron chi connectivity index (χ4n) is 11.5.